The molecule has 0 aromatic heterocycles. The van der Waals surface area contributed by atoms with Crippen molar-refractivity contribution >= 4 is 0 Å². The molecule has 188 valence electrons. The quantitative estimate of drug-likeness (QED) is 0.438. The van der Waals surface area contributed by atoms with Crippen molar-refractivity contribution in [3.63, 3.8) is 0 Å². The number of rotatable bonds is 7. The topological polar surface area (TPSA) is 15.7 Å². The van der Waals surface area contributed by atoms with Gasteiger partial charge in [0.2, 0.25) is 0 Å². The molecule has 3 nitrogen and oxygen atoms in total. The standard InChI is InChI=1S/C32H44N2O/c1-4-11-26(12-5-1)13-10-14-27-17-21-33(22-18-27)24-30-29(28-15-6-2-7-16-28)25-34-31(30)23-32(35-34)19-8-3-9-20-32/h1-2,4-7,11-12,15-16,27,29-31H,3,8-10,13-14,17-25H2/t29-,30?,31+/m1/s1. The summed E-state index contributed by atoms with van der Waals surface area (Å²) in [5.74, 6) is 2.21. The van der Waals surface area contributed by atoms with Gasteiger partial charge in [-0.15, -0.1) is 0 Å². The van der Waals surface area contributed by atoms with Gasteiger partial charge < -0.3 is 4.90 Å². The molecule has 1 spiro atoms. The highest BCUT2D eigenvalue weighted by molar-refractivity contribution is 5.24. The van der Waals surface area contributed by atoms with E-state index >= 15 is 0 Å². The third-order valence-electron chi connectivity index (χ3n) is 9.74. The number of hydrogen-bond donors (Lipinski definition) is 0. The Morgan fingerprint density at radius 1 is 0.857 bits per heavy atom. The normalized spacial score (nSPS) is 29.5. The molecule has 35 heavy (non-hydrogen) atoms. The molecule has 2 aromatic carbocycles. The Morgan fingerprint density at radius 3 is 2.31 bits per heavy atom. The van der Waals surface area contributed by atoms with Crippen LogP contribution >= 0.6 is 0 Å². The van der Waals surface area contributed by atoms with Gasteiger partial charge in [-0.3, -0.25) is 4.84 Å². The van der Waals surface area contributed by atoms with Crippen LogP contribution in [0.4, 0.5) is 0 Å². The van der Waals surface area contributed by atoms with Crippen molar-refractivity contribution in [1.29, 1.82) is 0 Å². The van der Waals surface area contributed by atoms with Crippen LogP contribution in [0.1, 0.15) is 81.3 Å². The summed E-state index contributed by atoms with van der Waals surface area (Å²) in [5, 5.41) is 2.45. The summed E-state index contributed by atoms with van der Waals surface area (Å²) in [7, 11) is 0. The van der Waals surface area contributed by atoms with Gasteiger partial charge in [-0.2, -0.15) is 5.06 Å². The van der Waals surface area contributed by atoms with Gasteiger partial charge in [0.05, 0.1) is 5.60 Å². The summed E-state index contributed by atoms with van der Waals surface area (Å²) < 4.78 is 0. The fraction of sp³-hybridized carbons (Fsp3) is 0.625. The van der Waals surface area contributed by atoms with Crippen LogP contribution in [-0.2, 0) is 11.3 Å². The van der Waals surface area contributed by atoms with Crippen molar-refractivity contribution in [3.05, 3.63) is 71.8 Å². The Labute approximate surface area is 212 Å². The lowest BCUT2D eigenvalue weighted by Gasteiger charge is -2.37. The molecule has 0 N–H and O–H groups in total. The Bertz CT molecular complexity index is 917. The SMILES string of the molecule is c1ccc(CCCC2CCN(CC3[C@@H](c4ccccc4)CN4OC5(CCCCC5)C[C@@H]34)CC2)cc1. The van der Waals surface area contributed by atoms with Crippen LogP contribution in [0.15, 0.2) is 60.7 Å². The van der Waals surface area contributed by atoms with Crippen molar-refractivity contribution in [2.75, 3.05) is 26.2 Å². The first kappa shape index (κ1) is 23.7. The molecule has 1 saturated carbocycles. The Kier molecular flexibility index (Phi) is 7.28. The fourth-order valence-electron chi connectivity index (χ4n) is 7.76. The number of hydrogen-bond acceptors (Lipinski definition) is 3. The first-order chi connectivity index (χ1) is 17.3. The summed E-state index contributed by atoms with van der Waals surface area (Å²) in [6.45, 7) is 4.90. The molecule has 3 atom stereocenters. The highest BCUT2D eigenvalue weighted by atomic mass is 16.7. The van der Waals surface area contributed by atoms with E-state index in [0.717, 1.165) is 12.5 Å². The van der Waals surface area contributed by atoms with E-state index in [-0.39, 0.29) is 5.60 Å². The number of benzene rings is 2. The maximum atomic E-state index is 6.80. The van der Waals surface area contributed by atoms with Crippen molar-refractivity contribution in [3.8, 4) is 0 Å². The number of aryl methyl sites for hydroxylation is 1. The van der Waals surface area contributed by atoms with Crippen molar-refractivity contribution in [2.45, 2.75) is 88.2 Å². The van der Waals surface area contributed by atoms with Crippen LogP contribution in [0.5, 0.6) is 0 Å². The van der Waals surface area contributed by atoms with Crippen LogP contribution in [-0.4, -0.2) is 47.8 Å². The third-order valence-corrected chi connectivity index (χ3v) is 9.74. The lowest BCUT2D eigenvalue weighted by molar-refractivity contribution is -0.205. The van der Waals surface area contributed by atoms with E-state index in [0.29, 0.717) is 17.9 Å². The molecule has 6 rings (SSSR count). The summed E-state index contributed by atoms with van der Waals surface area (Å²) in [5.41, 5.74) is 3.18. The zero-order valence-electron chi connectivity index (χ0n) is 21.5. The first-order valence-electron chi connectivity index (χ1n) is 14.6. The van der Waals surface area contributed by atoms with Crippen LogP contribution in [0, 0.1) is 11.8 Å². The summed E-state index contributed by atoms with van der Waals surface area (Å²) in [6.07, 6.45) is 14.6. The fourth-order valence-corrected chi connectivity index (χ4v) is 7.76. The highest BCUT2D eigenvalue weighted by Gasteiger charge is 2.54. The molecule has 0 amide bonds. The number of piperidine rings is 1. The van der Waals surface area contributed by atoms with E-state index < -0.39 is 0 Å². The van der Waals surface area contributed by atoms with Crippen LogP contribution in [0.25, 0.3) is 0 Å². The molecule has 3 heterocycles. The lowest BCUT2D eigenvalue weighted by Crippen LogP contribution is -2.41. The molecular formula is C32H44N2O. The van der Waals surface area contributed by atoms with Gasteiger partial charge in [0.15, 0.2) is 0 Å². The van der Waals surface area contributed by atoms with E-state index in [1.807, 2.05) is 0 Å². The molecule has 1 unspecified atom stereocenters. The largest absolute Gasteiger partial charge is 0.303 e. The highest BCUT2D eigenvalue weighted by Crippen LogP contribution is 2.51. The van der Waals surface area contributed by atoms with E-state index in [9.17, 15) is 0 Å². The monoisotopic (exact) mass is 472 g/mol. The second-order valence-corrected chi connectivity index (χ2v) is 12.0. The Balaban J connectivity index is 1.06. The minimum absolute atomic E-state index is 0.161. The van der Waals surface area contributed by atoms with Gasteiger partial charge in [0, 0.05) is 25.0 Å². The first-order valence-corrected chi connectivity index (χ1v) is 14.6. The third kappa shape index (κ3) is 5.38. The molecule has 3 saturated heterocycles. The maximum absolute atomic E-state index is 6.80. The van der Waals surface area contributed by atoms with E-state index in [1.54, 1.807) is 0 Å². The maximum Gasteiger partial charge on any atom is 0.0915 e. The summed E-state index contributed by atoms with van der Waals surface area (Å²) >= 11 is 0. The van der Waals surface area contributed by atoms with E-state index in [1.165, 1.54) is 101 Å². The number of fused-ring (bicyclic) bond motifs is 1. The van der Waals surface area contributed by atoms with Gasteiger partial charge in [-0.1, -0.05) is 86.3 Å². The molecule has 0 bridgehead atoms. The molecular weight excluding hydrogens is 428 g/mol. The molecule has 3 heteroatoms. The average molecular weight is 473 g/mol. The predicted octanol–water partition coefficient (Wildman–Crippen LogP) is 6.84. The zero-order valence-corrected chi connectivity index (χ0v) is 21.5. The minimum Gasteiger partial charge on any atom is -0.303 e. The smallest absolute Gasteiger partial charge is 0.0915 e. The van der Waals surface area contributed by atoms with Crippen molar-refractivity contribution in [1.82, 2.24) is 9.96 Å². The van der Waals surface area contributed by atoms with Crippen molar-refractivity contribution < 1.29 is 4.84 Å². The van der Waals surface area contributed by atoms with Gasteiger partial charge in [0.25, 0.3) is 0 Å². The van der Waals surface area contributed by atoms with Gasteiger partial charge in [-0.05, 0) is 81.0 Å². The molecule has 1 aliphatic carbocycles. The predicted molar refractivity (Wildman–Crippen MR) is 143 cm³/mol. The molecule has 0 radical (unpaired) electrons. The number of hydroxylamine groups is 2. The zero-order chi connectivity index (χ0) is 23.5. The summed E-state index contributed by atoms with van der Waals surface area (Å²) in [6, 6.07) is 22.9. The van der Waals surface area contributed by atoms with Crippen molar-refractivity contribution in [2.24, 2.45) is 11.8 Å². The second kappa shape index (κ2) is 10.7. The van der Waals surface area contributed by atoms with E-state index in [4.69, 9.17) is 4.84 Å². The molecule has 2 aromatic rings. The van der Waals surface area contributed by atoms with Crippen LogP contribution in [0.2, 0.25) is 0 Å². The summed E-state index contributed by atoms with van der Waals surface area (Å²) in [4.78, 5) is 9.61. The molecule has 3 aliphatic heterocycles. The van der Waals surface area contributed by atoms with Crippen LogP contribution < -0.4 is 0 Å². The lowest BCUT2D eigenvalue weighted by atomic mass is 9.76. The van der Waals surface area contributed by atoms with E-state index in [2.05, 4.69) is 70.6 Å². The molecule has 4 fully saturated rings. The van der Waals surface area contributed by atoms with Crippen LogP contribution in [0.3, 0.4) is 0 Å². The van der Waals surface area contributed by atoms with Gasteiger partial charge in [0.1, 0.15) is 0 Å². The minimum atomic E-state index is 0.161. The second-order valence-electron chi connectivity index (χ2n) is 12.0. The Morgan fingerprint density at radius 2 is 1.57 bits per heavy atom. The van der Waals surface area contributed by atoms with Gasteiger partial charge >= 0.3 is 0 Å². The number of likely N-dealkylation sites (tertiary alicyclic amines) is 1. The Hall–Kier alpha value is -1.68. The number of nitrogens with zero attached hydrogens (tertiary/aromatic N) is 2. The molecule has 4 aliphatic rings. The van der Waals surface area contributed by atoms with Gasteiger partial charge in [-0.25, -0.2) is 0 Å². The average Bonchev–Trinajstić information content (AvgIpc) is 3.41.